The third-order valence-electron chi connectivity index (χ3n) is 3.94. The highest BCUT2D eigenvalue weighted by Crippen LogP contribution is 2.15. The fourth-order valence-corrected chi connectivity index (χ4v) is 2.67. The van der Waals surface area contributed by atoms with Crippen LogP contribution in [0.2, 0.25) is 0 Å². The minimum Gasteiger partial charge on any atom is -0.389 e. The van der Waals surface area contributed by atoms with Crippen LogP contribution in [0.3, 0.4) is 0 Å². The molecule has 0 saturated carbocycles. The van der Waals surface area contributed by atoms with E-state index in [1.165, 1.54) is 0 Å². The number of aliphatic hydroxyl groups excluding tert-OH is 1. The van der Waals surface area contributed by atoms with Crippen molar-refractivity contribution in [3.8, 4) is 0 Å². The van der Waals surface area contributed by atoms with Crippen LogP contribution >= 0.6 is 0 Å². The molecule has 1 aliphatic heterocycles. The van der Waals surface area contributed by atoms with E-state index >= 15 is 0 Å². The lowest BCUT2D eigenvalue weighted by Gasteiger charge is -2.36. The highest BCUT2D eigenvalue weighted by Gasteiger charge is 2.31. The molecule has 2 rings (SSSR count). The molecule has 1 fully saturated rings. The van der Waals surface area contributed by atoms with Crippen molar-refractivity contribution in [1.29, 1.82) is 0 Å². The van der Waals surface area contributed by atoms with Crippen LogP contribution < -0.4 is 5.32 Å². The summed E-state index contributed by atoms with van der Waals surface area (Å²) in [6.07, 6.45) is 4.81. The minimum atomic E-state index is -0.740. The van der Waals surface area contributed by atoms with Crippen LogP contribution in [0.4, 0.5) is 0 Å². The third kappa shape index (κ3) is 4.93. The average Bonchev–Trinajstić information content (AvgIpc) is 2.57. The molecule has 0 spiro atoms. The van der Waals surface area contributed by atoms with E-state index < -0.39 is 6.10 Å². The standard InChI is InChI=1S/C18H24N2O3/c1-2-3-5-10-17(22)19-15-11-12-20(13-16(15)21)18(23)14-8-6-4-7-9-14/h3-9,15-16,21H,2,10-13H2,1H3,(H,19,22)/b5-3+/t15-,16-/m1/s1. The number of amides is 2. The number of hydrogen-bond acceptors (Lipinski definition) is 3. The topological polar surface area (TPSA) is 69.6 Å². The van der Waals surface area contributed by atoms with Gasteiger partial charge in [0.15, 0.2) is 0 Å². The summed E-state index contributed by atoms with van der Waals surface area (Å²) in [5.74, 6) is -0.179. The largest absolute Gasteiger partial charge is 0.389 e. The van der Waals surface area contributed by atoms with Crippen molar-refractivity contribution in [3.05, 3.63) is 48.0 Å². The van der Waals surface area contributed by atoms with Crippen molar-refractivity contribution in [3.63, 3.8) is 0 Å². The van der Waals surface area contributed by atoms with Crippen LogP contribution in [0, 0.1) is 0 Å². The number of carbonyl (C=O) groups is 2. The van der Waals surface area contributed by atoms with Gasteiger partial charge in [0.2, 0.25) is 5.91 Å². The first-order chi connectivity index (χ1) is 11.1. The number of hydrogen-bond donors (Lipinski definition) is 2. The van der Waals surface area contributed by atoms with E-state index in [0.29, 0.717) is 24.9 Å². The van der Waals surface area contributed by atoms with Crippen LogP contribution in [0.15, 0.2) is 42.5 Å². The molecular weight excluding hydrogens is 292 g/mol. The van der Waals surface area contributed by atoms with Gasteiger partial charge in [0.1, 0.15) is 0 Å². The molecule has 1 aromatic carbocycles. The Balaban J connectivity index is 1.86. The third-order valence-corrected chi connectivity index (χ3v) is 3.94. The molecule has 23 heavy (non-hydrogen) atoms. The number of piperidine rings is 1. The van der Waals surface area contributed by atoms with E-state index in [4.69, 9.17) is 0 Å². The van der Waals surface area contributed by atoms with Gasteiger partial charge in [-0.15, -0.1) is 0 Å². The summed E-state index contributed by atoms with van der Waals surface area (Å²) in [7, 11) is 0. The lowest BCUT2D eigenvalue weighted by Crippen LogP contribution is -2.55. The van der Waals surface area contributed by atoms with Crippen LogP contribution in [0.25, 0.3) is 0 Å². The zero-order valence-corrected chi connectivity index (χ0v) is 13.4. The molecule has 2 amide bonds. The molecule has 0 aromatic heterocycles. The monoisotopic (exact) mass is 316 g/mol. The lowest BCUT2D eigenvalue weighted by molar-refractivity contribution is -0.122. The smallest absolute Gasteiger partial charge is 0.253 e. The van der Waals surface area contributed by atoms with Crippen LogP contribution in [-0.4, -0.2) is 47.1 Å². The molecule has 5 heteroatoms. The van der Waals surface area contributed by atoms with Gasteiger partial charge in [-0.05, 0) is 25.0 Å². The number of likely N-dealkylation sites (tertiary alicyclic amines) is 1. The minimum absolute atomic E-state index is 0.0831. The Kier molecular flexibility index (Phi) is 6.35. The number of rotatable bonds is 5. The molecule has 5 nitrogen and oxygen atoms in total. The first-order valence-corrected chi connectivity index (χ1v) is 8.08. The normalized spacial score (nSPS) is 21.4. The molecule has 2 N–H and O–H groups in total. The van der Waals surface area contributed by atoms with E-state index in [2.05, 4.69) is 5.32 Å². The van der Waals surface area contributed by atoms with Gasteiger partial charge in [-0.3, -0.25) is 9.59 Å². The predicted octanol–water partition coefficient (Wildman–Crippen LogP) is 1.73. The quantitative estimate of drug-likeness (QED) is 0.813. The number of aliphatic hydroxyl groups is 1. The van der Waals surface area contributed by atoms with Crippen molar-refractivity contribution in [2.45, 2.75) is 38.3 Å². The highest BCUT2D eigenvalue weighted by molar-refractivity contribution is 5.94. The number of allylic oxidation sites excluding steroid dienone is 1. The number of β-amino-alcohol motifs (C(OH)–C–C–N with tert-alkyl or cyclic N) is 1. The van der Waals surface area contributed by atoms with E-state index in [1.807, 2.05) is 37.3 Å². The van der Waals surface area contributed by atoms with Crippen molar-refractivity contribution in [2.24, 2.45) is 0 Å². The van der Waals surface area contributed by atoms with Crippen molar-refractivity contribution in [1.82, 2.24) is 10.2 Å². The average molecular weight is 316 g/mol. The summed E-state index contributed by atoms with van der Waals surface area (Å²) in [4.78, 5) is 25.8. The summed E-state index contributed by atoms with van der Waals surface area (Å²) >= 11 is 0. The second-order valence-corrected chi connectivity index (χ2v) is 5.73. The molecule has 0 radical (unpaired) electrons. The SMILES string of the molecule is CC/C=C/CC(=O)N[C@@H]1CCN(C(=O)c2ccccc2)C[C@H]1O. The van der Waals surface area contributed by atoms with E-state index in [0.717, 1.165) is 6.42 Å². The van der Waals surface area contributed by atoms with Gasteiger partial charge >= 0.3 is 0 Å². The fourth-order valence-electron chi connectivity index (χ4n) is 2.67. The number of carbonyl (C=O) groups excluding carboxylic acids is 2. The molecule has 1 saturated heterocycles. The molecule has 124 valence electrons. The van der Waals surface area contributed by atoms with Crippen molar-refractivity contribution >= 4 is 11.8 Å². The van der Waals surface area contributed by atoms with E-state index in [-0.39, 0.29) is 24.4 Å². The van der Waals surface area contributed by atoms with Gasteiger partial charge in [-0.2, -0.15) is 0 Å². The summed E-state index contributed by atoms with van der Waals surface area (Å²) in [6, 6.07) is 8.74. The lowest BCUT2D eigenvalue weighted by atomic mass is 10.0. The first kappa shape index (κ1) is 17.2. The summed E-state index contributed by atoms with van der Waals surface area (Å²) < 4.78 is 0. The van der Waals surface area contributed by atoms with Gasteiger partial charge in [0.05, 0.1) is 12.1 Å². The fraction of sp³-hybridized carbons (Fsp3) is 0.444. The van der Waals surface area contributed by atoms with E-state index in [9.17, 15) is 14.7 Å². The predicted molar refractivity (Wildman–Crippen MR) is 88.9 cm³/mol. The number of benzene rings is 1. The second kappa shape index (κ2) is 8.48. The van der Waals surface area contributed by atoms with Gasteiger partial charge in [0.25, 0.3) is 5.91 Å². The summed E-state index contributed by atoms with van der Waals surface area (Å²) in [5, 5.41) is 13.1. The van der Waals surface area contributed by atoms with Crippen molar-refractivity contribution in [2.75, 3.05) is 13.1 Å². The summed E-state index contributed by atoms with van der Waals surface area (Å²) in [5.41, 5.74) is 0.617. The summed E-state index contributed by atoms with van der Waals surface area (Å²) in [6.45, 7) is 2.78. The molecule has 1 aromatic rings. The van der Waals surface area contributed by atoms with E-state index in [1.54, 1.807) is 17.0 Å². The molecule has 1 aliphatic rings. The van der Waals surface area contributed by atoms with Gasteiger partial charge in [0, 0.05) is 25.1 Å². The van der Waals surface area contributed by atoms with Gasteiger partial charge in [-0.25, -0.2) is 0 Å². The zero-order chi connectivity index (χ0) is 16.7. The Morgan fingerprint density at radius 2 is 2.04 bits per heavy atom. The van der Waals surface area contributed by atoms with Crippen LogP contribution in [-0.2, 0) is 4.79 Å². The first-order valence-electron chi connectivity index (χ1n) is 8.08. The Morgan fingerprint density at radius 1 is 1.30 bits per heavy atom. The maximum atomic E-state index is 12.4. The molecule has 1 heterocycles. The van der Waals surface area contributed by atoms with Crippen LogP contribution in [0.1, 0.15) is 36.5 Å². The van der Waals surface area contributed by atoms with Gasteiger partial charge in [-0.1, -0.05) is 37.3 Å². The molecule has 2 atom stereocenters. The molecule has 0 bridgehead atoms. The van der Waals surface area contributed by atoms with Crippen LogP contribution in [0.5, 0.6) is 0 Å². The number of nitrogens with one attached hydrogen (secondary N) is 1. The Morgan fingerprint density at radius 3 is 2.70 bits per heavy atom. The molecule has 0 unspecified atom stereocenters. The van der Waals surface area contributed by atoms with Gasteiger partial charge < -0.3 is 15.3 Å². The second-order valence-electron chi connectivity index (χ2n) is 5.73. The van der Waals surface area contributed by atoms with Crippen molar-refractivity contribution < 1.29 is 14.7 Å². The number of nitrogens with zero attached hydrogens (tertiary/aromatic N) is 1. The highest BCUT2D eigenvalue weighted by atomic mass is 16.3. The molecule has 0 aliphatic carbocycles. The Hall–Kier alpha value is -2.14. The molecular formula is C18H24N2O3. The Bertz CT molecular complexity index is 557. The maximum Gasteiger partial charge on any atom is 0.253 e. The maximum absolute atomic E-state index is 12.4. The zero-order valence-electron chi connectivity index (χ0n) is 13.4. The Labute approximate surface area is 137 Å².